The summed E-state index contributed by atoms with van der Waals surface area (Å²) in [6.07, 6.45) is 1.29. The number of hydrogen-bond donors (Lipinski definition) is 1. The second-order valence-corrected chi connectivity index (χ2v) is 7.69. The van der Waals surface area contributed by atoms with Crippen molar-refractivity contribution < 1.29 is 12.8 Å². The van der Waals surface area contributed by atoms with Crippen LogP contribution in [0, 0.1) is 5.82 Å². The molecule has 3 aromatic rings. The fraction of sp³-hybridized carbons (Fsp3) is 0.0556. The van der Waals surface area contributed by atoms with Crippen LogP contribution in [0.4, 0.5) is 10.1 Å². The minimum Gasteiger partial charge on any atom is -0.316 e. The smallest absolute Gasteiger partial charge is 0.271 e. The first kappa shape index (κ1) is 18.2. The van der Waals surface area contributed by atoms with Gasteiger partial charge in [-0.3, -0.25) is 9.52 Å². The van der Waals surface area contributed by atoms with Crippen LogP contribution in [0.5, 0.6) is 0 Å². The first-order valence-electron chi connectivity index (χ1n) is 7.52. The highest BCUT2D eigenvalue weighted by Crippen LogP contribution is 2.26. The first-order valence-corrected chi connectivity index (χ1v) is 9.38. The molecule has 8 heteroatoms. The largest absolute Gasteiger partial charge is 0.316 e. The average Bonchev–Trinajstić information content (AvgIpc) is 2.60. The summed E-state index contributed by atoms with van der Waals surface area (Å²) in [5.41, 5.74) is 0.408. The Morgan fingerprint density at radius 2 is 1.73 bits per heavy atom. The van der Waals surface area contributed by atoms with Crippen molar-refractivity contribution in [1.29, 1.82) is 0 Å². The van der Waals surface area contributed by atoms with E-state index in [-0.39, 0.29) is 10.7 Å². The molecule has 134 valence electrons. The maximum Gasteiger partial charge on any atom is 0.271 e. The van der Waals surface area contributed by atoms with Gasteiger partial charge in [-0.2, -0.15) is 0 Å². The van der Waals surface area contributed by atoms with Crippen LogP contribution in [-0.4, -0.2) is 13.0 Å². The highest BCUT2D eigenvalue weighted by Gasteiger charge is 2.22. The molecule has 26 heavy (non-hydrogen) atoms. The third-order valence-corrected chi connectivity index (χ3v) is 5.29. The molecule has 0 aliphatic heterocycles. The maximum atomic E-state index is 14.2. The molecule has 1 heterocycles. The predicted molar refractivity (Wildman–Crippen MR) is 99.3 cm³/mol. The molecular formula is C18H14ClFN2O3S. The van der Waals surface area contributed by atoms with Gasteiger partial charge < -0.3 is 4.57 Å². The van der Waals surface area contributed by atoms with Gasteiger partial charge in [0.2, 0.25) is 0 Å². The summed E-state index contributed by atoms with van der Waals surface area (Å²) < 4.78 is 42.5. The molecule has 1 aromatic heterocycles. The van der Waals surface area contributed by atoms with E-state index in [9.17, 15) is 17.6 Å². The molecule has 0 saturated heterocycles. The molecule has 0 amide bonds. The minimum absolute atomic E-state index is 0.0750. The number of aromatic nitrogens is 1. The SMILES string of the molecule is Cn1cc(Cl)cc(S(=O)(=O)Nc2cc(-c3ccccc3)ccc2F)c1=O. The Morgan fingerprint density at radius 1 is 1.04 bits per heavy atom. The van der Waals surface area contributed by atoms with E-state index in [1.54, 1.807) is 6.07 Å². The second kappa shape index (κ2) is 6.93. The van der Waals surface area contributed by atoms with Crippen LogP contribution >= 0.6 is 11.6 Å². The summed E-state index contributed by atoms with van der Waals surface area (Å²) in [4.78, 5) is 11.6. The summed E-state index contributed by atoms with van der Waals surface area (Å²) in [5.74, 6) is -0.757. The summed E-state index contributed by atoms with van der Waals surface area (Å²) in [6, 6.07) is 14.2. The number of halogens is 2. The molecule has 5 nitrogen and oxygen atoms in total. The van der Waals surface area contributed by atoms with Crippen LogP contribution in [0.2, 0.25) is 5.02 Å². The molecule has 0 atom stereocenters. The zero-order chi connectivity index (χ0) is 18.9. The number of benzene rings is 2. The highest BCUT2D eigenvalue weighted by molar-refractivity contribution is 7.92. The van der Waals surface area contributed by atoms with Crippen molar-refractivity contribution in [2.75, 3.05) is 4.72 Å². The lowest BCUT2D eigenvalue weighted by Gasteiger charge is -2.11. The van der Waals surface area contributed by atoms with Gasteiger partial charge >= 0.3 is 0 Å². The fourth-order valence-corrected chi connectivity index (χ4v) is 3.98. The maximum absolute atomic E-state index is 14.2. The summed E-state index contributed by atoms with van der Waals surface area (Å²) in [7, 11) is -2.94. The van der Waals surface area contributed by atoms with Gasteiger partial charge in [-0.15, -0.1) is 0 Å². The fourth-order valence-electron chi connectivity index (χ4n) is 2.45. The van der Waals surface area contributed by atoms with Crippen molar-refractivity contribution in [2.24, 2.45) is 7.05 Å². The van der Waals surface area contributed by atoms with Crippen molar-refractivity contribution >= 4 is 27.3 Å². The molecule has 0 saturated carbocycles. The lowest BCUT2D eigenvalue weighted by Crippen LogP contribution is -2.27. The number of pyridine rings is 1. The van der Waals surface area contributed by atoms with Crippen LogP contribution in [0.15, 0.2) is 70.5 Å². The lowest BCUT2D eigenvalue weighted by atomic mass is 10.1. The first-order chi connectivity index (χ1) is 12.3. The van der Waals surface area contributed by atoms with Gasteiger partial charge in [-0.25, -0.2) is 12.8 Å². The van der Waals surface area contributed by atoms with Gasteiger partial charge in [0.15, 0.2) is 4.90 Å². The third-order valence-electron chi connectivity index (χ3n) is 3.72. The number of anilines is 1. The van der Waals surface area contributed by atoms with E-state index >= 15 is 0 Å². The van der Waals surface area contributed by atoms with Gasteiger partial charge in [-0.1, -0.05) is 48.0 Å². The average molecular weight is 393 g/mol. The number of aryl methyl sites for hydroxylation is 1. The number of nitrogens with one attached hydrogen (secondary N) is 1. The van der Waals surface area contributed by atoms with E-state index in [0.29, 0.717) is 5.56 Å². The van der Waals surface area contributed by atoms with Crippen molar-refractivity contribution in [1.82, 2.24) is 4.57 Å². The molecule has 0 radical (unpaired) electrons. The zero-order valence-corrected chi connectivity index (χ0v) is 15.2. The second-order valence-electron chi connectivity index (χ2n) is 5.60. The van der Waals surface area contributed by atoms with E-state index in [1.807, 2.05) is 30.3 Å². The number of sulfonamides is 1. The van der Waals surface area contributed by atoms with E-state index in [4.69, 9.17) is 11.6 Å². The Balaban J connectivity index is 2.05. The molecule has 0 fully saturated rings. The van der Waals surface area contributed by atoms with Gasteiger partial charge in [0, 0.05) is 13.2 Å². The Hall–Kier alpha value is -2.64. The Labute approximate surface area is 154 Å². The van der Waals surface area contributed by atoms with Crippen molar-refractivity contribution in [3.05, 3.63) is 82.0 Å². The molecule has 0 aliphatic carbocycles. The standard InChI is InChI=1S/C18H14ClFN2O3S/c1-22-11-14(19)10-17(18(22)23)26(24,25)21-16-9-13(7-8-15(16)20)12-5-3-2-4-6-12/h2-11,21H,1H3. The molecular weight excluding hydrogens is 379 g/mol. The van der Waals surface area contributed by atoms with E-state index in [2.05, 4.69) is 4.72 Å². The highest BCUT2D eigenvalue weighted by atomic mass is 35.5. The zero-order valence-electron chi connectivity index (χ0n) is 13.6. The summed E-state index contributed by atoms with van der Waals surface area (Å²) >= 11 is 5.84. The minimum atomic E-state index is -4.32. The molecule has 2 aromatic carbocycles. The molecule has 0 unspecified atom stereocenters. The van der Waals surface area contributed by atoms with Crippen molar-refractivity contribution in [2.45, 2.75) is 4.90 Å². The van der Waals surface area contributed by atoms with E-state index < -0.39 is 26.3 Å². The van der Waals surface area contributed by atoms with Gasteiger partial charge in [0.25, 0.3) is 15.6 Å². The van der Waals surface area contributed by atoms with Crippen LogP contribution in [0.3, 0.4) is 0 Å². The number of hydrogen-bond acceptors (Lipinski definition) is 3. The Bertz CT molecular complexity index is 1130. The topological polar surface area (TPSA) is 68.2 Å². The molecule has 1 N–H and O–H groups in total. The number of rotatable bonds is 4. The van der Waals surface area contributed by atoms with Gasteiger partial charge in [-0.05, 0) is 29.3 Å². The van der Waals surface area contributed by atoms with Crippen LogP contribution < -0.4 is 10.3 Å². The quantitative estimate of drug-likeness (QED) is 0.737. The Kier molecular flexibility index (Phi) is 4.84. The normalized spacial score (nSPS) is 11.3. The van der Waals surface area contributed by atoms with Crippen LogP contribution in [0.25, 0.3) is 11.1 Å². The number of nitrogens with zero attached hydrogens (tertiary/aromatic N) is 1. The summed E-state index contributed by atoms with van der Waals surface area (Å²) in [6.45, 7) is 0. The van der Waals surface area contributed by atoms with E-state index in [0.717, 1.165) is 22.3 Å². The molecule has 3 rings (SSSR count). The Morgan fingerprint density at radius 3 is 2.42 bits per heavy atom. The molecule has 0 aliphatic rings. The van der Waals surface area contributed by atoms with Gasteiger partial charge in [0.1, 0.15) is 5.82 Å². The molecule has 0 bridgehead atoms. The van der Waals surface area contributed by atoms with Gasteiger partial charge in [0.05, 0.1) is 10.7 Å². The van der Waals surface area contributed by atoms with Crippen molar-refractivity contribution in [3.63, 3.8) is 0 Å². The monoisotopic (exact) mass is 392 g/mol. The van der Waals surface area contributed by atoms with E-state index in [1.165, 1.54) is 19.3 Å². The third kappa shape index (κ3) is 3.63. The predicted octanol–water partition coefficient (Wildman–Crippen LogP) is 3.65. The lowest BCUT2D eigenvalue weighted by molar-refractivity contribution is 0.596. The molecule has 0 spiro atoms. The van der Waals surface area contributed by atoms with Crippen LogP contribution in [-0.2, 0) is 17.1 Å². The van der Waals surface area contributed by atoms with Crippen molar-refractivity contribution in [3.8, 4) is 11.1 Å². The summed E-state index contributed by atoms with van der Waals surface area (Å²) in [5, 5.41) is 0.0750. The van der Waals surface area contributed by atoms with Crippen LogP contribution in [0.1, 0.15) is 0 Å².